The second kappa shape index (κ2) is 6.21. The van der Waals surface area contributed by atoms with Gasteiger partial charge in [0, 0.05) is 24.8 Å². The van der Waals surface area contributed by atoms with Gasteiger partial charge in [-0.15, -0.1) is 5.53 Å². The maximum absolute atomic E-state index is 13.8. The minimum atomic E-state index is -0.829. The molecule has 0 atom stereocenters. The number of hydrogen-bond donors (Lipinski definition) is 3. The molecule has 3 N–H and O–H groups in total. The second-order valence-electron chi connectivity index (χ2n) is 7.66. The summed E-state index contributed by atoms with van der Waals surface area (Å²) < 4.78 is 13.8. The van der Waals surface area contributed by atoms with Gasteiger partial charge in [-0.05, 0) is 42.5 Å². The highest BCUT2D eigenvalue weighted by Crippen LogP contribution is 2.44. The van der Waals surface area contributed by atoms with E-state index in [-0.39, 0.29) is 5.02 Å². The number of benzene rings is 2. The normalized spacial score (nSPS) is 18.6. The van der Waals surface area contributed by atoms with Gasteiger partial charge in [0.15, 0.2) is 11.6 Å². The van der Waals surface area contributed by atoms with E-state index in [2.05, 4.69) is 41.8 Å². The van der Waals surface area contributed by atoms with Gasteiger partial charge in [-0.1, -0.05) is 25.4 Å². The Morgan fingerprint density at radius 3 is 2.38 bits per heavy atom. The Labute approximate surface area is 157 Å². The lowest BCUT2D eigenvalue weighted by Gasteiger charge is -2.38. The van der Waals surface area contributed by atoms with Crippen LogP contribution in [0.5, 0.6) is 5.75 Å². The first-order chi connectivity index (χ1) is 12.4. The molecule has 0 amide bonds. The zero-order valence-electron chi connectivity index (χ0n) is 14.8. The summed E-state index contributed by atoms with van der Waals surface area (Å²) >= 11 is 5.98. The van der Waals surface area contributed by atoms with Gasteiger partial charge in [0.1, 0.15) is 5.02 Å². The van der Waals surface area contributed by atoms with Crippen molar-refractivity contribution >= 4 is 34.4 Å². The first kappa shape index (κ1) is 17.2. The summed E-state index contributed by atoms with van der Waals surface area (Å²) in [6.45, 7) is 6.75. The van der Waals surface area contributed by atoms with Gasteiger partial charge < -0.3 is 10.0 Å². The molecule has 7 heteroatoms. The molecule has 0 unspecified atom stereocenters. The van der Waals surface area contributed by atoms with E-state index in [1.165, 1.54) is 24.6 Å². The van der Waals surface area contributed by atoms with Crippen molar-refractivity contribution in [3.63, 3.8) is 0 Å². The number of halogens is 2. The average Bonchev–Trinajstić information content (AvgIpc) is 3.04. The van der Waals surface area contributed by atoms with Gasteiger partial charge in [0.05, 0.1) is 17.1 Å². The molecule has 5 nitrogen and oxygen atoms in total. The van der Waals surface area contributed by atoms with Crippen molar-refractivity contribution < 1.29 is 9.50 Å². The Morgan fingerprint density at radius 1 is 1.12 bits per heavy atom. The maximum Gasteiger partial charge on any atom is 0.185 e. The van der Waals surface area contributed by atoms with E-state index in [4.69, 9.17) is 11.6 Å². The fourth-order valence-corrected chi connectivity index (χ4v) is 3.69. The van der Waals surface area contributed by atoms with Crippen LogP contribution in [0.15, 0.2) is 30.3 Å². The third kappa shape index (κ3) is 2.93. The van der Waals surface area contributed by atoms with Crippen LogP contribution in [0.4, 0.5) is 27.1 Å². The highest BCUT2D eigenvalue weighted by atomic mass is 35.5. The molecule has 4 rings (SSSR count). The van der Waals surface area contributed by atoms with Gasteiger partial charge in [0.2, 0.25) is 0 Å². The van der Waals surface area contributed by atoms with Crippen LogP contribution in [0.2, 0.25) is 5.02 Å². The third-order valence-corrected chi connectivity index (χ3v) is 5.65. The van der Waals surface area contributed by atoms with Gasteiger partial charge in [-0.25, -0.2) is 4.39 Å². The van der Waals surface area contributed by atoms with Crippen molar-refractivity contribution in [2.24, 2.45) is 5.41 Å². The minimum Gasteiger partial charge on any atom is -0.505 e. The van der Waals surface area contributed by atoms with Crippen LogP contribution in [0, 0.1) is 11.2 Å². The smallest absolute Gasteiger partial charge is 0.185 e. The van der Waals surface area contributed by atoms with Crippen LogP contribution >= 0.6 is 11.6 Å². The molecule has 0 aliphatic carbocycles. The van der Waals surface area contributed by atoms with E-state index in [0.717, 1.165) is 18.8 Å². The fourth-order valence-electron chi connectivity index (χ4n) is 3.45. The van der Waals surface area contributed by atoms with E-state index in [1.807, 2.05) is 12.1 Å². The molecule has 0 bridgehead atoms. The van der Waals surface area contributed by atoms with Crippen molar-refractivity contribution in [1.29, 1.82) is 0 Å². The van der Waals surface area contributed by atoms with Crippen LogP contribution < -0.4 is 20.9 Å². The van der Waals surface area contributed by atoms with E-state index in [9.17, 15) is 9.50 Å². The molecule has 0 aromatic heterocycles. The van der Waals surface area contributed by atoms with Crippen LogP contribution in [-0.2, 0) is 0 Å². The molecule has 138 valence electrons. The Hall–Kier alpha value is -2.18. The largest absolute Gasteiger partial charge is 0.505 e. The lowest BCUT2D eigenvalue weighted by molar-refractivity contribution is 0.280. The lowest BCUT2D eigenvalue weighted by atomic mass is 9.82. The highest BCUT2D eigenvalue weighted by Gasteiger charge is 2.28. The van der Waals surface area contributed by atoms with Crippen LogP contribution in [-0.4, -0.2) is 18.2 Å². The molecule has 0 spiro atoms. The van der Waals surface area contributed by atoms with Crippen LogP contribution in [0.1, 0.15) is 26.7 Å². The predicted octanol–water partition coefficient (Wildman–Crippen LogP) is 4.79. The Morgan fingerprint density at radius 2 is 1.73 bits per heavy atom. The van der Waals surface area contributed by atoms with E-state index in [1.54, 1.807) is 5.01 Å². The first-order valence-corrected chi connectivity index (χ1v) is 9.11. The number of phenolic OH excluding ortho intramolecular Hbond substituents is 1. The summed E-state index contributed by atoms with van der Waals surface area (Å²) in [6, 6.07) is 9.50. The van der Waals surface area contributed by atoms with E-state index < -0.39 is 11.6 Å². The second-order valence-corrected chi connectivity index (χ2v) is 8.04. The summed E-state index contributed by atoms with van der Waals surface area (Å²) in [5.74, 6) is -1.30. The maximum atomic E-state index is 13.8. The van der Waals surface area contributed by atoms with E-state index >= 15 is 0 Å². The number of hydrogen-bond acceptors (Lipinski definition) is 5. The molecule has 2 aliphatic rings. The number of aromatic hydroxyl groups is 1. The van der Waals surface area contributed by atoms with Gasteiger partial charge in [-0.3, -0.25) is 10.4 Å². The topological polar surface area (TPSA) is 50.8 Å². The number of nitrogens with one attached hydrogen (secondary N) is 2. The highest BCUT2D eigenvalue weighted by molar-refractivity contribution is 6.34. The molecule has 0 radical (unpaired) electrons. The van der Waals surface area contributed by atoms with Gasteiger partial charge >= 0.3 is 0 Å². The predicted molar refractivity (Wildman–Crippen MR) is 104 cm³/mol. The monoisotopic (exact) mass is 376 g/mol. The summed E-state index contributed by atoms with van der Waals surface area (Å²) in [5, 5.41) is 11.3. The SMILES string of the molecule is CC1(C)CCN(c2ccc(N3NNc4c3cc(O)c(F)c4Cl)cc2)CC1. The Bertz CT molecular complexity index is 830. The number of hydrazine groups is 2. The molecular weight excluding hydrogens is 355 g/mol. The van der Waals surface area contributed by atoms with Crippen molar-refractivity contribution in [2.75, 3.05) is 28.4 Å². The van der Waals surface area contributed by atoms with Gasteiger partial charge in [-0.2, -0.15) is 0 Å². The third-order valence-electron chi connectivity index (χ3n) is 5.29. The molecule has 1 saturated heterocycles. The summed E-state index contributed by atoms with van der Waals surface area (Å²) in [7, 11) is 0. The van der Waals surface area contributed by atoms with Crippen LogP contribution in [0.3, 0.4) is 0 Å². The zero-order chi connectivity index (χ0) is 18.5. The Balaban J connectivity index is 1.56. The van der Waals surface area contributed by atoms with Crippen molar-refractivity contribution in [3.8, 4) is 5.75 Å². The lowest BCUT2D eigenvalue weighted by Crippen LogP contribution is -2.37. The molecule has 2 aromatic carbocycles. The number of anilines is 4. The van der Waals surface area contributed by atoms with Crippen LogP contribution in [0.25, 0.3) is 0 Å². The molecular formula is C19H22ClFN4O. The number of fused-ring (bicyclic) bond motifs is 1. The quantitative estimate of drug-likeness (QED) is 0.658. The number of nitrogens with zero attached hydrogens (tertiary/aromatic N) is 2. The first-order valence-electron chi connectivity index (χ1n) is 8.73. The molecule has 2 aromatic rings. The minimum absolute atomic E-state index is 0.137. The molecule has 2 heterocycles. The summed E-state index contributed by atoms with van der Waals surface area (Å²) in [5.41, 5.74) is 9.25. The molecule has 0 saturated carbocycles. The average molecular weight is 377 g/mol. The Kier molecular flexibility index (Phi) is 4.12. The zero-order valence-corrected chi connectivity index (χ0v) is 15.6. The standard InChI is InChI=1S/C19H22ClFN4O/c1-19(2)7-9-24(10-8-19)12-3-5-13(6-4-12)25-14-11-15(26)17(21)16(20)18(14)22-23-25/h3-6,11,22-23,26H,7-10H2,1-2H3. The molecule has 26 heavy (non-hydrogen) atoms. The number of phenols is 1. The number of piperidine rings is 1. The molecule has 2 aliphatic heterocycles. The van der Waals surface area contributed by atoms with Gasteiger partial charge in [0.25, 0.3) is 0 Å². The number of rotatable bonds is 2. The fraction of sp³-hybridized carbons (Fsp3) is 0.368. The summed E-state index contributed by atoms with van der Waals surface area (Å²) in [4.78, 5) is 2.40. The van der Waals surface area contributed by atoms with E-state index in [0.29, 0.717) is 16.8 Å². The van der Waals surface area contributed by atoms with Crippen molar-refractivity contribution in [2.45, 2.75) is 26.7 Å². The summed E-state index contributed by atoms with van der Waals surface area (Å²) in [6.07, 6.45) is 2.37. The van der Waals surface area contributed by atoms with Crippen molar-refractivity contribution in [1.82, 2.24) is 5.53 Å². The van der Waals surface area contributed by atoms with Crippen molar-refractivity contribution in [3.05, 3.63) is 41.2 Å². The molecule has 1 fully saturated rings.